The zero-order valence-corrected chi connectivity index (χ0v) is 15.2. The maximum absolute atomic E-state index is 12.6. The number of aryl methyl sites for hydroxylation is 1. The minimum atomic E-state index is -0.705. The summed E-state index contributed by atoms with van der Waals surface area (Å²) < 4.78 is 4.91. The number of nitrogens with one attached hydrogen (secondary N) is 1. The van der Waals surface area contributed by atoms with Crippen molar-refractivity contribution in [3.63, 3.8) is 0 Å². The molecule has 0 fully saturated rings. The maximum atomic E-state index is 12.6. The van der Waals surface area contributed by atoms with Crippen molar-refractivity contribution in [1.29, 1.82) is 0 Å². The third-order valence-electron chi connectivity index (χ3n) is 3.41. The van der Waals surface area contributed by atoms with Gasteiger partial charge in [0.25, 0.3) is 0 Å². The first kappa shape index (κ1) is 19.5. The van der Waals surface area contributed by atoms with Gasteiger partial charge >= 0.3 is 0 Å². The van der Waals surface area contributed by atoms with E-state index in [1.54, 1.807) is 31.7 Å². The summed E-state index contributed by atoms with van der Waals surface area (Å²) in [4.78, 5) is 26.4. The van der Waals surface area contributed by atoms with E-state index in [4.69, 9.17) is 16.1 Å². The molecule has 1 heterocycles. The van der Waals surface area contributed by atoms with Crippen LogP contribution in [0.5, 0.6) is 0 Å². The molecule has 7 heteroatoms. The van der Waals surface area contributed by atoms with Crippen molar-refractivity contribution in [1.82, 2.24) is 10.1 Å². The standard InChI is InChI=1S/C16H26ClN3O3/c1-11(2)6-7-20(15(22)16(4,5)10-17)9-14(21)18-13-8-12(3)23-19-13/h8,11H,6-7,9-10H2,1-5H3,(H,18,19,21). The van der Waals surface area contributed by atoms with Gasteiger partial charge in [0, 0.05) is 18.5 Å². The van der Waals surface area contributed by atoms with Crippen LogP contribution >= 0.6 is 11.6 Å². The number of hydrogen-bond donors (Lipinski definition) is 1. The van der Waals surface area contributed by atoms with Gasteiger partial charge in [0.1, 0.15) is 5.76 Å². The van der Waals surface area contributed by atoms with Gasteiger partial charge in [0.2, 0.25) is 11.8 Å². The number of alkyl halides is 1. The van der Waals surface area contributed by atoms with Crippen LogP contribution in [0.2, 0.25) is 0 Å². The van der Waals surface area contributed by atoms with Gasteiger partial charge in [0.05, 0.1) is 12.0 Å². The summed E-state index contributed by atoms with van der Waals surface area (Å²) >= 11 is 5.89. The Hall–Kier alpha value is -1.56. The van der Waals surface area contributed by atoms with E-state index in [-0.39, 0.29) is 24.2 Å². The lowest BCUT2D eigenvalue weighted by Crippen LogP contribution is -2.46. The van der Waals surface area contributed by atoms with E-state index in [1.807, 2.05) is 0 Å². The smallest absolute Gasteiger partial charge is 0.245 e. The second kappa shape index (κ2) is 8.34. The van der Waals surface area contributed by atoms with Crippen LogP contribution in [0.15, 0.2) is 10.6 Å². The zero-order valence-electron chi connectivity index (χ0n) is 14.5. The minimum absolute atomic E-state index is 0.0300. The van der Waals surface area contributed by atoms with Gasteiger partial charge in [0.15, 0.2) is 5.82 Å². The van der Waals surface area contributed by atoms with Crippen LogP contribution in [0.25, 0.3) is 0 Å². The monoisotopic (exact) mass is 343 g/mol. The molecular formula is C16H26ClN3O3. The van der Waals surface area contributed by atoms with Gasteiger partial charge in [-0.3, -0.25) is 9.59 Å². The van der Waals surface area contributed by atoms with Crippen molar-refractivity contribution in [2.24, 2.45) is 11.3 Å². The number of anilines is 1. The minimum Gasteiger partial charge on any atom is -0.360 e. The van der Waals surface area contributed by atoms with Crippen molar-refractivity contribution in [2.75, 3.05) is 24.3 Å². The Kier molecular flexibility index (Phi) is 7.06. The summed E-state index contributed by atoms with van der Waals surface area (Å²) in [7, 11) is 0. The summed E-state index contributed by atoms with van der Waals surface area (Å²) in [6, 6.07) is 1.63. The first-order valence-electron chi connectivity index (χ1n) is 7.74. The number of hydrogen-bond acceptors (Lipinski definition) is 4. The molecule has 1 N–H and O–H groups in total. The number of carbonyl (C=O) groups is 2. The lowest BCUT2D eigenvalue weighted by Gasteiger charge is -2.30. The molecular weight excluding hydrogens is 318 g/mol. The Morgan fingerprint density at radius 1 is 1.43 bits per heavy atom. The average molecular weight is 344 g/mol. The van der Waals surface area contributed by atoms with E-state index in [1.165, 1.54) is 0 Å². The molecule has 0 bridgehead atoms. The van der Waals surface area contributed by atoms with Crippen LogP contribution in [0.3, 0.4) is 0 Å². The number of carbonyl (C=O) groups excluding carboxylic acids is 2. The molecule has 0 spiro atoms. The quantitative estimate of drug-likeness (QED) is 0.736. The molecule has 130 valence electrons. The first-order chi connectivity index (χ1) is 10.7. The van der Waals surface area contributed by atoms with Crippen LogP contribution in [-0.4, -0.2) is 40.8 Å². The van der Waals surface area contributed by atoms with Crippen molar-refractivity contribution < 1.29 is 14.1 Å². The largest absolute Gasteiger partial charge is 0.360 e. The second-order valence-corrected chi connectivity index (χ2v) is 7.06. The second-order valence-electron chi connectivity index (χ2n) is 6.80. The Morgan fingerprint density at radius 2 is 2.09 bits per heavy atom. The highest BCUT2D eigenvalue weighted by Crippen LogP contribution is 2.21. The van der Waals surface area contributed by atoms with Crippen LogP contribution < -0.4 is 5.32 Å². The molecule has 0 aliphatic heterocycles. The van der Waals surface area contributed by atoms with Crippen LogP contribution in [-0.2, 0) is 9.59 Å². The maximum Gasteiger partial charge on any atom is 0.245 e. The van der Waals surface area contributed by atoms with E-state index in [0.717, 1.165) is 6.42 Å². The molecule has 1 aromatic rings. The van der Waals surface area contributed by atoms with E-state index < -0.39 is 5.41 Å². The number of nitrogens with zero attached hydrogens (tertiary/aromatic N) is 2. The van der Waals surface area contributed by atoms with Crippen molar-refractivity contribution >= 4 is 29.2 Å². The highest BCUT2D eigenvalue weighted by Gasteiger charge is 2.32. The molecule has 1 rings (SSSR count). The molecule has 0 radical (unpaired) electrons. The fraction of sp³-hybridized carbons (Fsp3) is 0.688. The Labute approximate surface area is 142 Å². The average Bonchev–Trinajstić information content (AvgIpc) is 2.87. The SMILES string of the molecule is Cc1cc(NC(=O)CN(CCC(C)C)C(=O)C(C)(C)CCl)no1. The first-order valence-corrected chi connectivity index (χ1v) is 8.27. The fourth-order valence-corrected chi connectivity index (χ4v) is 2.05. The van der Waals surface area contributed by atoms with Crippen LogP contribution in [0.4, 0.5) is 5.82 Å². The third-order valence-corrected chi connectivity index (χ3v) is 4.07. The van der Waals surface area contributed by atoms with Crippen molar-refractivity contribution in [3.05, 3.63) is 11.8 Å². The Bertz CT molecular complexity index is 540. The fourth-order valence-electron chi connectivity index (χ4n) is 1.93. The lowest BCUT2D eigenvalue weighted by atomic mass is 9.94. The molecule has 2 amide bonds. The predicted molar refractivity (Wildman–Crippen MR) is 90.4 cm³/mol. The molecule has 23 heavy (non-hydrogen) atoms. The van der Waals surface area contributed by atoms with Crippen molar-refractivity contribution in [3.8, 4) is 0 Å². The summed E-state index contributed by atoms with van der Waals surface area (Å²) in [5.74, 6) is 1.16. The third kappa shape index (κ3) is 6.22. The van der Waals surface area contributed by atoms with Crippen LogP contribution in [0.1, 0.15) is 39.9 Å². The summed E-state index contributed by atoms with van der Waals surface area (Å²) in [5.41, 5.74) is -0.705. The highest BCUT2D eigenvalue weighted by molar-refractivity contribution is 6.19. The van der Waals surface area contributed by atoms with E-state index >= 15 is 0 Å². The molecule has 1 aromatic heterocycles. The van der Waals surface area contributed by atoms with E-state index in [2.05, 4.69) is 24.3 Å². The zero-order chi connectivity index (χ0) is 17.6. The van der Waals surface area contributed by atoms with Gasteiger partial charge in [-0.05, 0) is 33.1 Å². The number of aromatic nitrogens is 1. The lowest BCUT2D eigenvalue weighted by molar-refractivity contribution is -0.141. The van der Waals surface area contributed by atoms with Crippen molar-refractivity contribution in [2.45, 2.75) is 41.0 Å². The van der Waals surface area contributed by atoms with Gasteiger partial charge in [-0.25, -0.2) is 0 Å². The van der Waals surface area contributed by atoms with Gasteiger partial charge < -0.3 is 14.7 Å². The summed E-state index contributed by atoms with van der Waals surface area (Å²) in [6.45, 7) is 9.94. The summed E-state index contributed by atoms with van der Waals surface area (Å²) in [5, 5.41) is 6.35. The number of amides is 2. The molecule has 0 aliphatic rings. The molecule has 6 nitrogen and oxygen atoms in total. The molecule has 0 aromatic carbocycles. The predicted octanol–water partition coefficient (Wildman–Crippen LogP) is 3.06. The number of halogens is 1. The topological polar surface area (TPSA) is 75.4 Å². The van der Waals surface area contributed by atoms with E-state index in [9.17, 15) is 9.59 Å². The molecule has 0 saturated carbocycles. The van der Waals surface area contributed by atoms with Crippen LogP contribution in [0, 0.1) is 18.3 Å². The molecule has 0 aliphatic carbocycles. The van der Waals surface area contributed by atoms with Gasteiger partial charge in [-0.1, -0.05) is 19.0 Å². The summed E-state index contributed by atoms with van der Waals surface area (Å²) in [6.07, 6.45) is 0.820. The highest BCUT2D eigenvalue weighted by atomic mass is 35.5. The molecule has 0 atom stereocenters. The Balaban J connectivity index is 2.75. The Morgan fingerprint density at radius 3 is 2.57 bits per heavy atom. The van der Waals surface area contributed by atoms with E-state index in [0.29, 0.717) is 24.0 Å². The molecule has 0 saturated heterocycles. The molecule has 0 unspecified atom stereocenters. The van der Waals surface area contributed by atoms with Gasteiger partial charge in [-0.15, -0.1) is 11.6 Å². The number of rotatable bonds is 8. The normalized spacial score (nSPS) is 11.6. The van der Waals surface area contributed by atoms with Gasteiger partial charge in [-0.2, -0.15) is 0 Å².